The summed E-state index contributed by atoms with van der Waals surface area (Å²) >= 11 is 1.57. The highest BCUT2D eigenvalue weighted by atomic mass is 32.2. The number of hydrogen-bond donors (Lipinski definition) is 3. The van der Waals surface area contributed by atoms with Crippen molar-refractivity contribution in [2.45, 2.75) is 18.1 Å². The van der Waals surface area contributed by atoms with Gasteiger partial charge in [0.05, 0.1) is 17.0 Å². The van der Waals surface area contributed by atoms with Crippen LogP contribution in [0.3, 0.4) is 0 Å². The largest absolute Gasteiger partial charge is 0.478 e. The van der Waals surface area contributed by atoms with Crippen LogP contribution in [-0.2, 0) is 4.79 Å². The van der Waals surface area contributed by atoms with Gasteiger partial charge in [0.25, 0.3) is 0 Å². The molecule has 5 nitrogen and oxygen atoms in total. The lowest BCUT2D eigenvalue weighted by Crippen LogP contribution is -2.30. The molecule has 0 spiro atoms. The Bertz CT molecular complexity index is 533. The Morgan fingerprint density at radius 2 is 2.10 bits per heavy atom. The van der Waals surface area contributed by atoms with Gasteiger partial charge >= 0.3 is 5.97 Å². The van der Waals surface area contributed by atoms with Gasteiger partial charge in [-0.05, 0) is 44.1 Å². The molecule has 1 amide bonds. The molecule has 114 valence electrons. The molecular formula is C14H17FN2O3S. The fraction of sp³-hybridized carbons (Fsp3) is 0.429. The van der Waals surface area contributed by atoms with Crippen molar-refractivity contribution in [2.24, 2.45) is 0 Å². The monoisotopic (exact) mass is 312 g/mol. The number of rotatable bonds is 5. The van der Waals surface area contributed by atoms with Gasteiger partial charge < -0.3 is 15.7 Å². The zero-order valence-corrected chi connectivity index (χ0v) is 12.2. The molecular weight excluding hydrogens is 295 g/mol. The van der Waals surface area contributed by atoms with Crippen LogP contribution in [-0.4, -0.2) is 41.1 Å². The van der Waals surface area contributed by atoms with Gasteiger partial charge in [-0.25, -0.2) is 9.18 Å². The first kappa shape index (κ1) is 15.8. The Balaban J connectivity index is 1.85. The molecule has 1 aliphatic heterocycles. The van der Waals surface area contributed by atoms with E-state index in [9.17, 15) is 14.0 Å². The van der Waals surface area contributed by atoms with Crippen LogP contribution in [0.15, 0.2) is 18.2 Å². The van der Waals surface area contributed by atoms with Crippen molar-refractivity contribution in [1.82, 2.24) is 5.32 Å². The second-order valence-corrected chi connectivity index (χ2v) is 6.10. The maximum atomic E-state index is 13.7. The molecule has 0 aliphatic carbocycles. The standard InChI is InChI=1S/C14H17FN2O3S/c15-11-7-9(14(19)20)1-2-12(11)17-13(18)8-21-10-3-5-16-6-4-10/h1-2,7,10,16H,3-6,8H2,(H,17,18)(H,19,20). The van der Waals surface area contributed by atoms with Gasteiger partial charge in [0, 0.05) is 5.25 Å². The number of thioether (sulfide) groups is 1. The summed E-state index contributed by atoms with van der Waals surface area (Å²) in [6.45, 7) is 1.93. The molecule has 21 heavy (non-hydrogen) atoms. The molecule has 0 radical (unpaired) electrons. The SMILES string of the molecule is O=C(CSC1CCNCC1)Nc1ccc(C(=O)O)cc1F. The molecule has 1 aliphatic rings. The lowest BCUT2D eigenvalue weighted by Gasteiger charge is -2.21. The molecule has 0 aromatic heterocycles. The molecule has 1 aromatic carbocycles. The number of carboxylic acids is 1. The predicted octanol–water partition coefficient (Wildman–Crippen LogP) is 1.95. The van der Waals surface area contributed by atoms with E-state index in [0.717, 1.165) is 32.0 Å². The fourth-order valence-electron chi connectivity index (χ4n) is 2.09. The molecule has 7 heteroatoms. The smallest absolute Gasteiger partial charge is 0.335 e. The van der Waals surface area contributed by atoms with Crippen LogP contribution in [0.2, 0.25) is 0 Å². The first-order valence-corrected chi connectivity index (χ1v) is 7.76. The first-order valence-electron chi connectivity index (χ1n) is 6.71. The van der Waals surface area contributed by atoms with Crippen molar-refractivity contribution < 1.29 is 19.1 Å². The highest BCUT2D eigenvalue weighted by Crippen LogP contribution is 2.21. The van der Waals surface area contributed by atoms with E-state index in [-0.39, 0.29) is 22.9 Å². The highest BCUT2D eigenvalue weighted by molar-refractivity contribution is 8.00. The van der Waals surface area contributed by atoms with E-state index in [1.807, 2.05) is 0 Å². The zero-order valence-electron chi connectivity index (χ0n) is 11.4. The summed E-state index contributed by atoms with van der Waals surface area (Å²) in [5, 5.41) is 14.9. The van der Waals surface area contributed by atoms with Crippen LogP contribution in [0, 0.1) is 5.82 Å². The number of amides is 1. The number of benzene rings is 1. The average molecular weight is 312 g/mol. The van der Waals surface area contributed by atoms with Crippen LogP contribution in [0.1, 0.15) is 23.2 Å². The van der Waals surface area contributed by atoms with Crippen molar-refractivity contribution in [2.75, 3.05) is 24.2 Å². The molecule has 0 bridgehead atoms. The van der Waals surface area contributed by atoms with Crippen molar-refractivity contribution in [3.63, 3.8) is 0 Å². The molecule has 2 rings (SSSR count). The minimum absolute atomic E-state index is 0.0101. The Hall–Kier alpha value is -1.60. The van der Waals surface area contributed by atoms with E-state index in [2.05, 4.69) is 10.6 Å². The number of carboxylic acid groups (broad SMARTS) is 1. The maximum absolute atomic E-state index is 13.7. The number of piperidine rings is 1. The van der Waals surface area contributed by atoms with Crippen molar-refractivity contribution in [3.05, 3.63) is 29.6 Å². The quantitative estimate of drug-likeness (QED) is 0.774. The Morgan fingerprint density at radius 1 is 1.38 bits per heavy atom. The van der Waals surface area contributed by atoms with Gasteiger partial charge in [-0.3, -0.25) is 4.79 Å². The maximum Gasteiger partial charge on any atom is 0.335 e. The lowest BCUT2D eigenvalue weighted by molar-refractivity contribution is -0.113. The normalized spacial score (nSPS) is 15.7. The third-order valence-corrected chi connectivity index (χ3v) is 4.60. The van der Waals surface area contributed by atoms with E-state index in [4.69, 9.17) is 5.11 Å². The van der Waals surface area contributed by atoms with E-state index in [1.54, 1.807) is 11.8 Å². The Morgan fingerprint density at radius 3 is 2.71 bits per heavy atom. The Labute approximate surface area is 126 Å². The number of hydrogen-bond acceptors (Lipinski definition) is 4. The van der Waals surface area contributed by atoms with Gasteiger partial charge in [-0.1, -0.05) is 0 Å². The summed E-state index contributed by atoms with van der Waals surface area (Å²) in [6, 6.07) is 3.44. The summed E-state index contributed by atoms with van der Waals surface area (Å²) in [7, 11) is 0. The van der Waals surface area contributed by atoms with Crippen LogP contribution < -0.4 is 10.6 Å². The average Bonchev–Trinajstić information content (AvgIpc) is 2.48. The highest BCUT2D eigenvalue weighted by Gasteiger charge is 2.16. The van der Waals surface area contributed by atoms with E-state index < -0.39 is 11.8 Å². The topological polar surface area (TPSA) is 78.4 Å². The number of carbonyl (C=O) groups excluding carboxylic acids is 1. The summed E-state index contributed by atoms with van der Waals surface area (Å²) in [5.74, 6) is -1.95. The second-order valence-electron chi connectivity index (χ2n) is 4.81. The number of nitrogens with one attached hydrogen (secondary N) is 2. The van der Waals surface area contributed by atoms with Crippen LogP contribution in [0.4, 0.5) is 10.1 Å². The minimum Gasteiger partial charge on any atom is -0.478 e. The van der Waals surface area contributed by atoms with Crippen LogP contribution in [0.25, 0.3) is 0 Å². The van der Waals surface area contributed by atoms with Crippen molar-refractivity contribution in [3.8, 4) is 0 Å². The summed E-state index contributed by atoms with van der Waals surface area (Å²) in [4.78, 5) is 22.5. The molecule has 1 fully saturated rings. The third-order valence-electron chi connectivity index (χ3n) is 3.23. The lowest BCUT2D eigenvalue weighted by atomic mass is 10.2. The van der Waals surface area contributed by atoms with Gasteiger partial charge in [0.15, 0.2) is 0 Å². The molecule has 0 atom stereocenters. The number of anilines is 1. The Kier molecular flexibility index (Phi) is 5.58. The van der Waals surface area contributed by atoms with Crippen LogP contribution >= 0.6 is 11.8 Å². The number of aromatic carboxylic acids is 1. The zero-order chi connectivity index (χ0) is 15.2. The van der Waals surface area contributed by atoms with Gasteiger partial charge in [0.1, 0.15) is 5.82 Å². The van der Waals surface area contributed by atoms with Crippen LogP contribution in [0.5, 0.6) is 0 Å². The van der Waals surface area contributed by atoms with Gasteiger partial charge in [-0.15, -0.1) is 11.8 Å². The molecule has 1 saturated heterocycles. The summed E-state index contributed by atoms with van der Waals surface area (Å²) in [5.41, 5.74) is -0.134. The van der Waals surface area contributed by atoms with E-state index in [1.165, 1.54) is 12.1 Å². The van der Waals surface area contributed by atoms with E-state index in [0.29, 0.717) is 5.25 Å². The first-order chi connectivity index (χ1) is 10.1. The fourth-order valence-corrected chi connectivity index (χ4v) is 3.12. The number of halogens is 1. The number of carbonyl (C=O) groups is 2. The summed E-state index contributed by atoms with van der Waals surface area (Å²) in [6.07, 6.45) is 2.05. The minimum atomic E-state index is -1.20. The van der Waals surface area contributed by atoms with Crippen molar-refractivity contribution >= 4 is 29.3 Å². The van der Waals surface area contributed by atoms with E-state index >= 15 is 0 Å². The third kappa shape index (κ3) is 4.71. The van der Waals surface area contributed by atoms with Gasteiger partial charge in [-0.2, -0.15) is 0 Å². The predicted molar refractivity (Wildman–Crippen MR) is 80.3 cm³/mol. The molecule has 1 heterocycles. The second kappa shape index (κ2) is 7.42. The van der Waals surface area contributed by atoms with Crippen molar-refractivity contribution in [1.29, 1.82) is 0 Å². The summed E-state index contributed by atoms with van der Waals surface area (Å²) < 4.78 is 13.7. The molecule has 1 aromatic rings. The van der Waals surface area contributed by atoms with Gasteiger partial charge in [0.2, 0.25) is 5.91 Å². The molecule has 0 saturated carbocycles. The molecule has 3 N–H and O–H groups in total. The molecule has 0 unspecified atom stereocenters.